The molecule has 0 aliphatic rings. The Balaban J connectivity index is 2.10. The summed E-state index contributed by atoms with van der Waals surface area (Å²) in [5.74, 6) is 0.749. The third-order valence-electron chi connectivity index (χ3n) is 2.86. The Bertz CT molecular complexity index is 630. The van der Waals surface area contributed by atoms with Crippen LogP contribution in [0.5, 0.6) is 0 Å². The largest absolute Gasteiger partial charge is 0.383 e. The average molecular weight is 311 g/mol. The zero-order valence-electron chi connectivity index (χ0n) is 11.4. The van der Waals surface area contributed by atoms with Crippen LogP contribution in [-0.4, -0.2) is 35.2 Å². The highest BCUT2D eigenvalue weighted by atomic mass is 35.5. The van der Waals surface area contributed by atoms with Gasteiger partial charge in [0.05, 0.1) is 30.0 Å². The molecule has 0 fully saturated rings. The highest BCUT2D eigenvalue weighted by Crippen LogP contribution is 2.29. The van der Waals surface area contributed by atoms with Crippen molar-refractivity contribution < 1.29 is 9.66 Å². The van der Waals surface area contributed by atoms with Gasteiger partial charge in [0, 0.05) is 25.3 Å². The molecule has 0 atom stereocenters. The summed E-state index contributed by atoms with van der Waals surface area (Å²) in [4.78, 5) is 17.7. The van der Waals surface area contributed by atoms with E-state index in [0.29, 0.717) is 24.4 Å². The number of aromatic nitrogens is 2. The normalized spacial score (nSPS) is 10.8. The molecule has 8 heteroatoms. The zero-order valence-corrected chi connectivity index (χ0v) is 12.2. The summed E-state index contributed by atoms with van der Waals surface area (Å²) in [6, 6.07) is 4.65. The number of aromatic amines is 1. The fourth-order valence-electron chi connectivity index (χ4n) is 1.80. The Kier molecular flexibility index (Phi) is 5.26. The smallest absolute Gasteiger partial charge is 0.288 e. The van der Waals surface area contributed by atoms with Crippen LogP contribution in [0.2, 0.25) is 5.02 Å². The van der Waals surface area contributed by atoms with Crippen molar-refractivity contribution in [3.05, 3.63) is 45.4 Å². The van der Waals surface area contributed by atoms with Crippen molar-refractivity contribution in [2.24, 2.45) is 0 Å². The summed E-state index contributed by atoms with van der Waals surface area (Å²) in [6.45, 7) is 1.91. The molecule has 2 N–H and O–H groups in total. The van der Waals surface area contributed by atoms with Gasteiger partial charge in [0.25, 0.3) is 5.69 Å². The van der Waals surface area contributed by atoms with Gasteiger partial charge >= 0.3 is 0 Å². The number of benzene rings is 1. The first-order valence-electron chi connectivity index (χ1n) is 6.29. The van der Waals surface area contributed by atoms with Crippen molar-refractivity contribution in [1.82, 2.24) is 15.3 Å². The Hall–Kier alpha value is -1.96. The minimum atomic E-state index is -0.505. The predicted molar refractivity (Wildman–Crippen MR) is 79.3 cm³/mol. The summed E-state index contributed by atoms with van der Waals surface area (Å²) < 4.78 is 4.93. The number of halogens is 1. The fraction of sp³-hybridized carbons (Fsp3) is 0.308. The number of methoxy groups -OCH3 is 1. The van der Waals surface area contributed by atoms with Crippen LogP contribution in [-0.2, 0) is 11.3 Å². The van der Waals surface area contributed by atoms with Crippen LogP contribution in [0.3, 0.4) is 0 Å². The minimum absolute atomic E-state index is 0.115. The number of H-pyrrole nitrogens is 1. The van der Waals surface area contributed by atoms with E-state index in [0.717, 1.165) is 12.4 Å². The number of ether oxygens (including phenoxy) is 1. The summed E-state index contributed by atoms with van der Waals surface area (Å²) >= 11 is 5.79. The van der Waals surface area contributed by atoms with Gasteiger partial charge < -0.3 is 15.0 Å². The van der Waals surface area contributed by atoms with Gasteiger partial charge in [-0.15, -0.1) is 0 Å². The number of nitrogens with zero attached hydrogens (tertiary/aromatic N) is 2. The lowest BCUT2D eigenvalue weighted by Crippen LogP contribution is -2.19. The topological polar surface area (TPSA) is 93.1 Å². The average Bonchev–Trinajstić information content (AvgIpc) is 2.92. The van der Waals surface area contributed by atoms with Gasteiger partial charge in [0.1, 0.15) is 10.8 Å². The molecule has 0 saturated carbocycles. The Labute approximate surface area is 126 Å². The first kappa shape index (κ1) is 15.4. The number of nitro groups is 1. The molecule has 0 spiro atoms. The fourth-order valence-corrected chi connectivity index (χ4v) is 1.99. The Morgan fingerprint density at radius 2 is 2.33 bits per heavy atom. The molecule has 7 nitrogen and oxygen atoms in total. The minimum Gasteiger partial charge on any atom is -0.383 e. The number of rotatable bonds is 7. The first-order valence-corrected chi connectivity index (χ1v) is 6.67. The molecule has 0 radical (unpaired) electrons. The van der Waals surface area contributed by atoms with Gasteiger partial charge in [-0.05, 0) is 6.07 Å². The monoisotopic (exact) mass is 310 g/mol. The number of nitrogens with one attached hydrogen (secondary N) is 2. The quantitative estimate of drug-likeness (QED) is 0.465. The summed E-state index contributed by atoms with van der Waals surface area (Å²) in [5, 5.41) is 14.2. The molecule has 0 aliphatic heterocycles. The number of nitro benzene ring substituents is 1. The van der Waals surface area contributed by atoms with E-state index in [1.54, 1.807) is 19.4 Å². The molecular formula is C13H15ClN4O3. The van der Waals surface area contributed by atoms with E-state index in [1.165, 1.54) is 12.1 Å². The van der Waals surface area contributed by atoms with E-state index in [1.807, 2.05) is 0 Å². The van der Waals surface area contributed by atoms with Crippen LogP contribution < -0.4 is 5.32 Å². The van der Waals surface area contributed by atoms with Crippen LogP contribution in [0, 0.1) is 10.1 Å². The molecule has 0 aliphatic carbocycles. The molecule has 21 heavy (non-hydrogen) atoms. The molecule has 0 saturated heterocycles. The molecule has 2 aromatic rings. The van der Waals surface area contributed by atoms with E-state index in [2.05, 4.69) is 15.3 Å². The van der Waals surface area contributed by atoms with Crippen LogP contribution in [0.15, 0.2) is 24.4 Å². The van der Waals surface area contributed by atoms with Gasteiger partial charge in [-0.2, -0.15) is 0 Å². The van der Waals surface area contributed by atoms with Gasteiger partial charge in [0.15, 0.2) is 0 Å². The molecular weight excluding hydrogens is 296 g/mol. The molecule has 1 aromatic heterocycles. The maximum Gasteiger partial charge on any atom is 0.288 e. The van der Waals surface area contributed by atoms with E-state index in [9.17, 15) is 10.1 Å². The maximum atomic E-state index is 10.9. The Morgan fingerprint density at radius 3 is 3.05 bits per heavy atom. The number of hydrogen-bond donors (Lipinski definition) is 2. The molecule has 1 aromatic carbocycles. The molecule has 0 bridgehead atoms. The summed E-state index contributed by atoms with van der Waals surface area (Å²) in [6.07, 6.45) is 1.64. The second kappa shape index (κ2) is 7.16. The SMILES string of the molecule is COCCNCc1ncc(-c2ccc(Cl)c([N+](=O)[O-])c2)[nH]1. The van der Waals surface area contributed by atoms with E-state index in [4.69, 9.17) is 16.3 Å². The van der Waals surface area contributed by atoms with Gasteiger partial charge in [-0.1, -0.05) is 17.7 Å². The lowest BCUT2D eigenvalue weighted by Gasteiger charge is -2.01. The molecule has 0 unspecified atom stereocenters. The van der Waals surface area contributed by atoms with Crippen molar-refractivity contribution in [2.45, 2.75) is 6.54 Å². The standard InChI is InChI=1S/C13H15ClN4O3/c1-21-5-4-15-8-13-16-7-11(17-13)9-2-3-10(14)12(6-9)18(19)20/h2-3,6-7,15H,4-5,8H2,1H3,(H,16,17). The molecule has 112 valence electrons. The third kappa shape index (κ3) is 4.01. The first-order chi connectivity index (χ1) is 10.1. The van der Waals surface area contributed by atoms with Crippen molar-refractivity contribution in [1.29, 1.82) is 0 Å². The van der Waals surface area contributed by atoms with Crippen LogP contribution >= 0.6 is 11.6 Å². The van der Waals surface area contributed by atoms with Crippen LogP contribution in [0.25, 0.3) is 11.3 Å². The molecule has 1 heterocycles. The van der Waals surface area contributed by atoms with Gasteiger partial charge in [0.2, 0.25) is 0 Å². The maximum absolute atomic E-state index is 10.9. The second-order valence-electron chi connectivity index (χ2n) is 4.34. The van der Waals surface area contributed by atoms with Crippen LogP contribution in [0.1, 0.15) is 5.82 Å². The molecule has 2 rings (SSSR count). The van der Waals surface area contributed by atoms with Crippen molar-refractivity contribution in [3.63, 3.8) is 0 Å². The van der Waals surface area contributed by atoms with E-state index >= 15 is 0 Å². The lowest BCUT2D eigenvalue weighted by atomic mass is 10.1. The van der Waals surface area contributed by atoms with Crippen molar-refractivity contribution >= 4 is 17.3 Å². The van der Waals surface area contributed by atoms with Crippen LogP contribution in [0.4, 0.5) is 5.69 Å². The highest BCUT2D eigenvalue weighted by molar-refractivity contribution is 6.32. The zero-order chi connectivity index (χ0) is 15.2. The predicted octanol–water partition coefficient (Wildman–Crippen LogP) is 2.37. The molecule has 0 amide bonds. The third-order valence-corrected chi connectivity index (χ3v) is 3.18. The number of hydrogen-bond acceptors (Lipinski definition) is 5. The van der Waals surface area contributed by atoms with E-state index in [-0.39, 0.29) is 10.7 Å². The number of imidazole rings is 1. The van der Waals surface area contributed by atoms with Gasteiger partial charge in [-0.25, -0.2) is 4.98 Å². The summed E-state index contributed by atoms with van der Waals surface area (Å²) in [7, 11) is 1.64. The second-order valence-corrected chi connectivity index (χ2v) is 4.74. The van der Waals surface area contributed by atoms with E-state index < -0.39 is 4.92 Å². The lowest BCUT2D eigenvalue weighted by molar-refractivity contribution is -0.384. The highest BCUT2D eigenvalue weighted by Gasteiger charge is 2.14. The van der Waals surface area contributed by atoms with Gasteiger partial charge in [-0.3, -0.25) is 10.1 Å². The Morgan fingerprint density at radius 1 is 1.52 bits per heavy atom. The summed E-state index contributed by atoms with van der Waals surface area (Å²) in [5.41, 5.74) is 1.25. The van der Waals surface area contributed by atoms with Crippen molar-refractivity contribution in [2.75, 3.05) is 20.3 Å². The van der Waals surface area contributed by atoms with Crippen molar-refractivity contribution in [3.8, 4) is 11.3 Å².